The summed E-state index contributed by atoms with van der Waals surface area (Å²) in [6, 6.07) is 1.57. The standard InChI is InChI=1S/C14H18N6O3/c1-9-5-12(22)20(8-16-9)7-11(21)17-10-6-15-14(23-4)18-13(10)19(2)3/h5-6,8H,7H2,1-4H3,(H,17,21). The van der Waals surface area contributed by atoms with Gasteiger partial charge in [0.2, 0.25) is 5.91 Å². The van der Waals surface area contributed by atoms with E-state index in [0.717, 1.165) is 0 Å². The minimum atomic E-state index is -0.380. The summed E-state index contributed by atoms with van der Waals surface area (Å²) >= 11 is 0. The summed E-state index contributed by atoms with van der Waals surface area (Å²) in [7, 11) is 5.03. The number of anilines is 2. The topological polar surface area (TPSA) is 102 Å². The molecule has 1 amide bonds. The fourth-order valence-electron chi connectivity index (χ4n) is 1.86. The summed E-state index contributed by atoms with van der Waals surface area (Å²) in [4.78, 5) is 37.8. The fraction of sp³-hybridized carbons (Fsp3) is 0.357. The maximum absolute atomic E-state index is 12.1. The van der Waals surface area contributed by atoms with Crippen LogP contribution in [-0.2, 0) is 11.3 Å². The number of methoxy groups -OCH3 is 1. The number of nitrogens with one attached hydrogen (secondary N) is 1. The molecule has 2 aromatic rings. The van der Waals surface area contributed by atoms with Gasteiger partial charge >= 0.3 is 6.01 Å². The van der Waals surface area contributed by atoms with Gasteiger partial charge < -0.3 is 15.0 Å². The maximum atomic E-state index is 12.1. The average molecular weight is 318 g/mol. The lowest BCUT2D eigenvalue weighted by atomic mass is 10.4. The third-order valence-electron chi connectivity index (χ3n) is 2.96. The van der Waals surface area contributed by atoms with E-state index in [1.165, 1.54) is 30.3 Å². The number of carbonyl (C=O) groups excluding carboxylic acids is 1. The van der Waals surface area contributed by atoms with Crippen LogP contribution in [0.2, 0.25) is 0 Å². The highest BCUT2D eigenvalue weighted by Gasteiger charge is 2.13. The largest absolute Gasteiger partial charge is 0.467 e. The van der Waals surface area contributed by atoms with Crippen LogP contribution in [0.3, 0.4) is 0 Å². The van der Waals surface area contributed by atoms with E-state index in [1.807, 2.05) is 0 Å². The third kappa shape index (κ3) is 4.02. The monoisotopic (exact) mass is 318 g/mol. The zero-order valence-electron chi connectivity index (χ0n) is 13.4. The zero-order valence-corrected chi connectivity index (χ0v) is 13.4. The van der Waals surface area contributed by atoms with Crippen molar-refractivity contribution in [3.8, 4) is 6.01 Å². The van der Waals surface area contributed by atoms with Crippen LogP contribution < -0.4 is 20.5 Å². The SMILES string of the molecule is COc1ncc(NC(=O)Cn2cnc(C)cc2=O)c(N(C)C)n1. The Balaban J connectivity index is 2.18. The summed E-state index contributed by atoms with van der Waals surface area (Å²) < 4.78 is 6.20. The molecule has 0 bridgehead atoms. The summed E-state index contributed by atoms with van der Waals surface area (Å²) in [5.74, 6) is 0.120. The Hall–Kier alpha value is -2.97. The van der Waals surface area contributed by atoms with Gasteiger partial charge in [0, 0.05) is 25.9 Å². The number of hydrogen-bond acceptors (Lipinski definition) is 7. The van der Waals surface area contributed by atoms with Gasteiger partial charge in [-0.25, -0.2) is 9.97 Å². The summed E-state index contributed by atoms with van der Waals surface area (Å²) in [5.41, 5.74) is 0.741. The molecule has 2 aromatic heterocycles. The molecule has 2 rings (SSSR count). The quantitative estimate of drug-likeness (QED) is 0.831. The second-order valence-corrected chi connectivity index (χ2v) is 5.03. The van der Waals surface area contributed by atoms with Crippen molar-refractivity contribution in [2.75, 3.05) is 31.4 Å². The number of ether oxygens (including phenoxy) is 1. The highest BCUT2D eigenvalue weighted by Crippen LogP contribution is 2.22. The van der Waals surface area contributed by atoms with E-state index < -0.39 is 0 Å². The highest BCUT2D eigenvalue weighted by molar-refractivity contribution is 5.93. The molecule has 0 unspecified atom stereocenters. The van der Waals surface area contributed by atoms with Gasteiger partial charge in [0.1, 0.15) is 12.2 Å². The van der Waals surface area contributed by atoms with Crippen molar-refractivity contribution in [3.63, 3.8) is 0 Å². The molecule has 0 aliphatic carbocycles. The first-order valence-electron chi connectivity index (χ1n) is 6.82. The van der Waals surface area contributed by atoms with Crippen LogP contribution in [0.1, 0.15) is 5.69 Å². The van der Waals surface area contributed by atoms with Crippen molar-refractivity contribution < 1.29 is 9.53 Å². The van der Waals surface area contributed by atoms with Crippen LogP contribution in [0.4, 0.5) is 11.5 Å². The molecule has 0 saturated heterocycles. The third-order valence-corrected chi connectivity index (χ3v) is 2.96. The molecule has 23 heavy (non-hydrogen) atoms. The minimum absolute atomic E-state index is 0.148. The van der Waals surface area contributed by atoms with Crippen LogP contribution in [0.25, 0.3) is 0 Å². The van der Waals surface area contributed by atoms with Crippen molar-refractivity contribution >= 4 is 17.4 Å². The maximum Gasteiger partial charge on any atom is 0.318 e. The Labute approximate surface area is 133 Å². The second kappa shape index (κ2) is 6.86. The summed E-state index contributed by atoms with van der Waals surface area (Å²) in [6.07, 6.45) is 2.80. The molecule has 9 heteroatoms. The lowest BCUT2D eigenvalue weighted by Crippen LogP contribution is -2.28. The molecule has 0 saturated carbocycles. The summed E-state index contributed by atoms with van der Waals surface area (Å²) in [5, 5.41) is 2.68. The number of aromatic nitrogens is 4. The molecule has 0 aliphatic heterocycles. The zero-order chi connectivity index (χ0) is 17.0. The first kappa shape index (κ1) is 16.4. The molecule has 0 aliphatic rings. The Morgan fingerprint density at radius 1 is 1.39 bits per heavy atom. The Bertz CT molecular complexity index is 771. The molecule has 9 nitrogen and oxygen atoms in total. The molecular formula is C14H18N6O3. The molecule has 0 fully saturated rings. The lowest BCUT2D eigenvalue weighted by Gasteiger charge is -2.17. The van der Waals surface area contributed by atoms with Crippen LogP contribution in [0, 0.1) is 6.92 Å². The van der Waals surface area contributed by atoms with E-state index in [2.05, 4.69) is 20.3 Å². The molecule has 1 N–H and O–H groups in total. The summed E-state index contributed by atoms with van der Waals surface area (Å²) in [6.45, 7) is 1.56. The van der Waals surface area contributed by atoms with Gasteiger partial charge in [-0.1, -0.05) is 0 Å². The number of amides is 1. The van der Waals surface area contributed by atoms with E-state index in [9.17, 15) is 9.59 Å². The fourth-order valence-corrected chi connectivity index (χ4v) is 1.86. The Morgan fingerprint density at radius 3 is 2.74 bits per heavy atom. The molecule has 0 atom stereocenters. The van der Waals surface area contributed by atoms with Gasteiger partial charge in [-0.3, -0.25) is 14.2 Å². The van der Waals surface area contributed by atoms with Gasteiger partial charge in [0.05, 0.1) is 19.6 Å². The Kier molecular flexibility index (Phi) is 4.89. The van der Waals surface area contributed by atoms with Crippen molar-refractivity contribution in [1.82, 2.24) is 19.5 Å². The number of rotatable bonds is 5. The van der Waals surface area contributed by atoms with E-state index in [-0.39, 0.29) is 24.0 Å². The van der Waals surface area contributed by atoms with Gasteiger partial charge in [-0.15, -0.1) is 0 Å². The predicted molar refractivity (Wildman–Crippen MR) is 84.8 cm³/mol. The van der Waals surface area contributed by atoms with Crippen LogP contribution in [0.15, 0.2) is 23.4 Å². The number of nitrogens with zero attached hydrogens (tertiary/aromatic N) is 5. The van der Waals surface area contributed by atoms with Crippen molar-refractivity contribution in [3.05, 3.63) is 34.6 Å². The normalized spacial score (nSPS) is 10.3. The van der Waals surface area contributed by atoms with Gasteiger partial charge in [-0.2, -0.15) is 4.98 Å². The van der Waals surface area contributed by atoms with Crippen molar-refractivity contribution in [1.29, 1.82) is 0 Å². The first-order chi connectivity index (χ1) is 10.9. The van der Waals surface area contributed by atoms with E-state index in [0.29, 0.717) is 17.2 Å². The first-order valence-corrected chi connectivity index (χ1v) is 6.82. The van der Waals surface area contributed by atoms with Gasteiger partial charge in [-0.05, 0) is 6.92 Å². The highest BCUT2D eigenvalue weighted by atomic mass is 16.5. The smallest absolute Gasteiger partial charge is 0.318 e. The average Bonchev–Trinajstić information content (AvgIpc) is 2.50. The minimum Gasteiger partial charge on any atom is -0.467 e. The van der Waals surface area contributed by atoms with E-state index in [1.54, 1.807) is 25.9 Å². The van der Waals surface area contributed by atoms with Gasteiger partial charge in [0.25, 0.3) is 5.56 Å². The number of aryl methyl sites for hydroxylation is 1. The van der Waals surface area contributed by atoms with Gasteiger partial charge in [0.15, 0.2) is 5.82 Å². The second-order valence-electron chi connectivity index (χ2n) is 5.03. The molecular weight excluding hydrogens is 300 g/mol. The predicted octanol–water partition coefficient (Wildman–Crippen LogP) is 0.0550. The van der Waals surface area contributed by atoms with Crippen molar-refractivity contribution in [2.45, 2.75) is 13.5 Å². The lowest BCUT2D eigenvalue weighted by molar-refractivity contribution is -0.116. The molecule has 2 heterocycles. The van der Waals surface area contributed by atoms with Crippen LogP contribution >= 0.6 is 0 Å². The van der Waals surface area contributed by atoms with Crippen LogP contribution in [0.5, 0.6) is 6.01 Å². The molecule has 0 spiro atoms. The van der Waals surface area contributed by atoms with E-state index in [4.69, 9.17) is 4.74 Å². The number of hydrogen-bond donors (Lipinski definition) is 1. The number of carbonyl (C=O) groups is 1. The van der Waals surface area contributed by atoms with E-state index >= 15 is 0 Å². The van der Waals surface area contributed by atoms with Crippen molar-refractivity contribution in [2.24, 2.45) is 0 Å². The molecule has 122 valence electrons. The Morgan fingerprint density at radius 2 is 2.13 bits per heavy atom. The molecule has 0 aromatic carbocycles. The van der Waals surface area contributed by atoms with Crippen LogP contribution in [-0.4, -0.2) is 46.6 Å². The molecule has 0 radical (unpaired) electrons.